The Morgan fingerprint density at radius 1 is 1.18 bits per heavy atom. The van der Waals surface area contributed by atoms with E-state index in [0.29, 0.717) is 31.7 Å². The summed E-state index contributed by atoms with van der Waals surface area (Å²) < 4.78 is 40.9. The van der Waals surface area contributed by atoms with Gasteiger partial charge in [-0.1, -0.05) is 30.3 Å². The maximum atomic E-state index is 13.6. The standard InChI is InChI=1S/C15H19F3N2O2/c16-15(17,18)14(13(21)22,10-12-4-2-1-3-5-12)11-20-8-6-19-7-9-20/h1-5,19H,6-11H2,(H,21,22). The van der Waals surface area contributed by atoms with E-state index in [-0.39, 0.29) is 0 Å². The summed E-state index contributed by atoms with van der Waals surface area (Å²) in [5.74, 6) is -1.82. The molecule has 0 spiro atoms. The summed E-state index contributed by atoms with van der Waals surface area (Å²) >= 11 is 0. The zero-order chi connectivity index (χ0) is 16.2. The number of rotatable bonds is 5. The molecule has 7 heteroatoms. The first-order valence-corrected chi connectivity index (χ1v) is 7.12. The highest BCUT2D eigenvalue weighted by atomic mass is 19.4. The van der Waals surface area contributed by atoms with Gasteiger partial charge in [0.25, 0.3) is 0 Å². The molecule has 1 saturated heterocycles. The lowest BCUT2D eigenvalue weighted by Crippen LogP contribution is -2.57. The van der Waals surface area contributed by atoms with E-state index in [1.807, 2.05) is 0 Å². The lowest BCUT2D eigenvalue weighted by molar-refractivity contribution is -0.236. The van der Waals surface area contributed by atoms with E-state index in [2.05, 4.69) is 5.32 Å². The van der Waals surface area contributed by atoms with Crippen LogP contribution in [0.5, 0.6) is 0 Å². The molecule has 1 fully saturated rings. The molecule has 0 amide bonds. The Balaban J connectivity index is 2.31. The molecule has 4 nitrogen and oxygen atoms in total. The Morgan fingerprint density at radius 2 is 1.77 bits per heavy atom. The molecule has 2 N–H and O–H groups in total. The SMILES string of the molecule is O=C(O)C(Cc1ccccc1)(CN1CCNCC1)C(F)(F)F. The van der Waals surface area contributed by atoms with Gasteiger partial charge in [-0.3, -0.25) is 9.69 Å². The maximum absolute atomic E-state index is 13.6. The van der Waals surface area contributed by atoms with Crippen molar-refractivity contribution >= 4 is 5.97 Å². The van der Waals surface area contributed by atoms with E-state index >= 15 is 0 Å². The number of nitrogens with zero attached hydrogens (tertiary/aromatic N) is 1. The molecule has 1 aromatic carbocycles. The van der Waals surface area contributed by atoms with Crippen molar-refractivity contribution in [2.75, 3.05) is 32.7 Å². The van der Waals surface area contributed by atoms with Gasteiger partial charge in [0.2, 0.25) is 0 Å². The van der Waals surface area contributed by atoms with Gasteiger partial charge < -0.3 is 10.4 Å². The Labute approximate surface area is 126 Å². The summed E-state index contributed by atoms with van der Waals surface area (Å²) in [5, 5.41) is 12.4. The van der Waals surface area contributed by atoms with Crippen molar-refractivity contribution in [3.8, 4) is 0 Å². The third kappa shape index (κ3) is 3.59. The van der Waals surface area contributed by atoms with Crippen molar-refractivity contribution in [1.82, 2.24) is 10.2 Å². The van der Waals surface area contributed by atoms with Gasteiger partial charge in [0.05, 0.1) is 0 Å². The second kappa shape index (κ2) is 6.66. The summed E-state index contributed by atoms with van der Waals surface area (Å²) in [7, 11) is 0. The molecule has 1 unspecified atom stereocenters. The first-order valence-electron chi connectivity index (χ1n) is 7.12. The Kier molecular flexibility index (Phi) is 5.08. The van der Waals surface area contributed by atoms with Gasteiger partial charge in [-0.05, 0) is 12.0 Å². The molecule has 122 valence electrons. The topological polar surface area (TPSA) is 52.6 Å². The van der Waals surface area contributed by atoms with Crippen LogP contribution in [-0.4, -0.2) is 54.9 Å². The number of carboxylic acid groups (broad SMARTS) is 1. The molecule has 1 aliphatic heterocycles. The summed E-state index contributed by atoms with van der Waals surface area (Å²) in [6.07, 6.45) is -5.38. The summed E-state index contributed by atoms with van der Waals surface area (Å²) in [4.78, 5) is 13.2. The van der Waals surface area contributed by atoms with Gasteiger partial charge in [0.15, 0.2) is 5.41 Å². The third-order valence-corrected chi connectivity index (χ3v) is 4.00. The Morgan fingerprint density at radius 3 is 2.27 bits per heavy atom. The fraction of sp³-hybridized carbons (Fsp3) is 0.533. The molecule has 0 bridgehead atoms. The van der Waals surface area contributed by atoms with E-state index in [1.165, 1.54) is 12.1 Å². The van der Waals surface area contributed by atoms with Gasteiger partial charge in [-0.2, -0.15) is 13.2 Å². The second-order valence-corrected chi connectivity index (χ2v) is 5.57. The number of alkyl halides is 3. The molecular weight excluding hydrogens is 297 g/mol. The van der Waals surface area contributed by atoms with Crippen LogP contribution in [0.2, 0.25) is 0 Å². The van der Waals surface area contributed by atoms with Crippen LogP contribution >= 0.6 is 0 Å². The van der Waals surface area contributed by atoms with Crippen molar-refractivity contribution < 1.29 is 23.1 Å². The van der Waals surface area contributed by atoms with Gasteiger partial charge in [-0.25, -0.2) is 0 Å². The fourth-order valence-electron chi connectivity index (χ4n) is 2.71. The van der Waals surface area contributed by atoms with Crippen LogP contribution in [0.1, 0.15) is 5.56 Å². The lowest BCUT2D eigenvalue weighted by Gasteiger charge is -2.38. The number of hydrogen-bond acceptors (Lipinski definition) is 3. The highest BCUT2D eigenvalue weighted by Gasteiger charge is 2.61. The van der Waals surface area contributed by atoms with Gasteiger partial charge in [0.1, 0.15) is 0 Å². The quantitative estimate of drug-likeness (QED) is 0.869. The molecule has 1 aliphatic rings. The highest BCUT2D eigenvalue weighted by molar-refractivity contribution is 5.76. The predicted octanol–water partition coefficient (Wildman–Crippen LogP) is 1.77. The van der Waals surface area contributed by atoms with Crippen LogP contribution in [0.15, 0.2) is 30.3 Å². The summed E-state index contributed by atoms with van der Waals surface area (Å²) in [6.45, 7) is 1.44. The van der Waals surface area contributed by atoms with Crippen LogP contribution in [0.4, 0.5) is 13.2 Å². The van der Waals surface area contributed by atoms with Crippen molar-refractivity contribution in [3.63, 3.8) is 0 Å². The van der Waals surface area contributed by atoms with E-state index in [0.717, 1.165) is 0 Å². The molecule has 0 radical (unpaired) electrons. The van der Waals surface area contributed by atoms with Crippen molar-refractivity contribution in [2.45, 2.75) is 12.6 Å². The number of nitrogens with one attached hydrogen (secondary N) is 1. The number of piperazine rings is 1. The smallest absolute Gasteiger partial charge is 0.406 e. The molecule has 2 rings (SSSR count). The van der Waals surface area contributed by atoms with E-state index < -0.39 is 30.5 Å². The van der Waals surface area contributed by atoms with Gasteiger partial charge in [-0.15, -0.1) is 0 Å². The zero-order valence-electron chi connectivity index (χ0n) is 12.1. The van der Waals surface area contributed by atoms with E-state index in [1.54, 1.807) is 23.1 Å². The average Bonchev–Trinajstić information content (AvgIpc) is 2.47. The average molecular weight is 316 g/mol. The first kappa shape index (κ1) is 16.8. The minimum absolute atomic E-state index is 0.373. The van der Waals surface area contributed by atoms with Crippen LogP contribution < -0.4 is 5.32 Å². The minimum Gasteiger partial charge on any atom is -0.481 e. The number of halogens is 3. The van der Waals surface area contributed by atoms with E-state index in [4.69, 9.17) is 0 Å². The molecule has 1 aromatic rings. The van der Waals surface area contributed by atoms with Crippen LogP contribution in [0, 0.1) is 5.41 Å². The van der Waals surface area contributed by atoms with Crippen molar-refractivity contribution in [2.24, 2.45) is 5.41 Å². The molecule has 0 aliphatic carbocycles. The largest absolute Gasteiger partial charge is 0.481 e. The van der Waals surface area contributed by atoms with Gasteiger partial charge >= 0.3 is 12.1 Å². The summed E-state index contributed by atoms with van der Waals surface area (Å²) in [5.41, 5.74) is -2.41. The lowest BCUT2D eigenvalue weighted by atomic mass is 9.80. The van der Waals surface area contributed by atoms with Crippen molar-refractivity contribution in [1.29, 1.82) is 0 Å². The minimum atomic E-state index is -4.82. The predicted molar refractivity (Wildman–Crippen MR) is 75.6 cm³/mol. The Bertz CT molecular complexity index is 501. The maximum Gasteiger partial charge on any atom is 0.406 e. The zero-order valence-corrected chi connectivity index (χ0v) is 12.1. The molecule has 22 heavy (non-hydrogen) atoms. The van der Waals surface area contributed by atoms with Crippen LogP contribution in [-0.2, 0) is 11.2 Å². The monoisotopic (exact) mass is 316 g/mol. The molecule has 0 aromatic heterocycles. The molecule has 1 atom stereocenters. The first-order chi connectivity index (χ1) is 10.3. The third-order valence-electron chi connectivity index (χ3n) is 4.00. The highest BCUT2D eigenvalue weighted by Crippen LogP contribution is 2.42. The fourth-order valence-corrected chi connectivity index (χ4v) is 2.71. The number of aliphatic carboxylic acids is 1. The van der Waals surface area contributed by atoms with Gasteiger partial charge in [0, 0.05) is 32.7 Å². The second-order valence-electron chi connectivity index (χ2n) is 5.57. The van der Waals surface area contributed by atoms with Crippen molar-refractivity contribution in [3.05, 3.63) is 35.9 Å². The number of benzene rings is 1. The number of hydrogen-bond donors (Lipinski definition) is 2. The van der Waals surface area contributed by atoms with E-state index in [9.17, 15) is 23.1 Å². The summed E-state index contributed by atoms with van der Waals surface area (Å²) in [6, 6.07) is 7.98. The van der Waals surface area contributed by atoms with Crippen LogP contribution in [0.25, 0.3) is 0 Å². The molecule has 1 heterocycles. The molecular formula is C15H19F3N2O2. The normalized spacial score (nSPS) is 19.6. The number of carboxylic acids is 1. The van der Waals surface area contributed by atoms with Crippen LogP contribution in [0.3, 0.4) is 0 Å². The molecule has 0 saturated carbocycles. The number of carbonyl (C=O) groups is 1. The Hall–Kier alpha value is -1.60.